The molecule has 0 unspecified atom stereocenters. The Balaban J connectivity index is 2.40. The Labute approximate surface area is 51.8 Å². The van der Waals surface area contributed by atoms with Gasteiger partial charge in [-0.1, -0.05) is 21.6 Å². The van der Waals surface area contributed by atoms with Gasteiger partial charge in [0.2, 0.25) is 0 Å². The molecular formula is C4H9NS2. The Morgan fingerprint density at radius 3 is 2.00 bits per heavy atom. The fourth-order valence-corrected chi connectivity index (χ4v) is 3.55. The number of hydrogen-bond acceptors (Lipinski definition) is 3. The van der Waals surface area contributed by atoms with Crippen LogP contribution in [0.2, 0.25) is 0 Å². The summed E-state index contributed by atoms with van der Waals surface area (Å²) in [6.45, 7) is 2.10. The average molecular weight is 135 g/mol. The minimum absolute atomic E-state index is 0.120. The molecule has 1 aliphatic rings. The molecule has 1 nitrogen and oxygen atoms in total. The molecule has 0 spiro atoms. The lowest BCUT2D eigenvalue weighted by atomic mass is 10.1. The monoisotopic (exact) mass is 135 g/mol. The molecule has 0 bridgehead atoms. The predicted molar refractivity (Wildman–Crippen MR) is 37.5 cm³/mol. The van der Waals surface area contributed by atoms with Gasteiger partial charge in [0.05, 0.1) is 0 Å². The molecule has 0 aliphatic carbocycles. The van der Waals surface area contributed by atoms with Gasteiger partial charge in [-0.05, 0) is 6.92 Å². The van der Waals surface area contributed by atoms with Crippen molar-refractivity contribution in [3.8, 4) is 0 Å². The van der Waals surface area contributed by atoms with Gasteiger partial charge >= 0.3 is 0 Å². The highest BCUT2D eigenvalue weighted by molar-refractivity contribution is 8.77. The highest BCUT2D eigenvalue weighted by atomic mass is 33.1. The first kappa shape index (κ1) is 5.79. The Bertz CT molecular complexity index is 64.1. The van der Waals surface area contributed by atoms with Gasteiger partial charge in [0, 0.05) is 17.0 Å². The normalized spacial score (nSPS) is 28.3. The smallest absolute Gasteiger partial charge is 0.0325 e. The summed E-state index contributed by atoms with van der Waals surface area (Å²) < 4.78 is 0. The standard InChI is InChI=1S/C4H9NS2/c1-4(5)2-6-7-3-4/h2-3,5H2,1H3. The molecule has 0 aromatic rings. The van der Waals surface area contributed by atoms with Crippen molar-refractivity contribution in [1.82, 2.24) is 0 Å². The van der Waals surface area contributed by atoms with E-state index in [1.807, 2.05) is 21.6 Å². The van der Waals surface area contributed by atoms with Crippen LogP contribution in [0.3, 0.4) is 0 Å². The van der Waals surface area contributed by atoms with Gasteiger partial charge in [0.15, 0.2) is 0 Å². The van der Waals surface area contributed by atoms with Gasteiger partial charge in [0.1, 0.15) is 0 Å². The first-order chi connectivity index (χ1) is 3.21. The van der Waals surface area contributed by atoms with E-state index in [1.165, 1.54) is 0 Å². The summed E-state index contributed by atoms with van der Waals surface area (Å²) in [5, 5.41) is 0. The third-order valence-electron chi connectivity index (χ3n) is 0.861. The molecule has 1 heterocycles. The quantitative estimate of drug-likeness (QED) is 0.504. The molecule has 1 saturated heterocycles. The van der Waals surface area contributed by atoms with Gasteiger partial charge in [0.25, 0.3) is 0 Å². The Morgan fingerprint density at radius 1 is 1.43 bits per heavy atom. The maximum atomic E-state index is 5.74. The van der Waals surface area contributed by atoms with Gasteiger partial charge in [-0.2, -0.15) is 0 Å². The van der Waals surface area contributed by atoms with E-state index < -0.39 is 0 Å². The fraction of sp³-hybridized carbons (Fsp3) is 1.00. The van der Waals surface area contributed by atoms with Crippen LogP contribution < -0.4 is 5.73 Å². The van der Waals surface area contributed by atoms with Crippen molar-refractivity contribution in [2.24, 2.45) is 5.73 Å². The van der Waals surface area contributed by atoms with E-state index in [0.717, 1.165) is 11.5 Å². The van der Waals surface area contributed by atoms with Crippen LogP contribution in [0.1, 0.15) is 6.92 Å². The molecule has 0 radical (unpaired) electrons. The molecule has 7 heavy (non-hydrogen) atoms. The molecule has 0 saturated carbocycles. The van der Waals surface area contributed by atoms with E-state index in [0.29, 0.717) is 0 Å². The Kier molecular flexibility index (Phi) is 1.55. The van der Waals surface area contributed by atoms with Crippen molar-refractivity contribution in [1.29, 1.82) is 0 Å². The lowest BCUT2D eigenvalue weighted by Gasteiger charge is -2.11. The van der Waals surface area contributed by atoms with E-state index in [9.17, 15) is 0 Å². The Hall–Kier alpha value is 0.660. The number of nitrogens with two attached hydrogens (primary N) is 1. The molecule has 1 fully saturated rings. The zero-order chi connectivity index (χ0) is 5.33. The lowest BCUT2D eigenvalue weighted by Crippen LogP contribution is -2.38. The number of rotatable bonds is 0. The van der Waals surface area contributed by atoms with Crippen LogP contribution in [-0.4, -0.2) is 17.0 Å². The second-order valence-corrected chi connectivity index (χ2v) is 4.64. The summed E-state index contributed by atoms with van der Waals surface area (Å²) in [6.07, 6.45) is 0. The summed E-state index contributed by atoms with van der Waals surface area (Å²) in [5.41, 5.74) is 5.86. The molecular weight excluding hydrogens is 126 g/mol. The van der Waals surface area contributed by atoms with Crippen molar-refractivity contribution in [3.63, 3.8) is 0 Å². The molecule has 0 aromatic carbocycles. The second kappa shape index (κ2) is 1.88. The zero-order valence-corrected chi connectivity index (χ0v) is 5.94. The van der Waals surface area contributed by atoms with Gasteiger partial charge in [-0.25, -0.2) is 0 Å². The van der Waals surface area contributed by atoms with E-state index in [1.54, 1.807) is 0 Å². The molecule has 3 heteroatoms. The number of hydrogen-bond donors (Lipinski definition) is 1. The molecule has 1 aliphatic heterocycles. The van der Waals surface area contributed by atoms with Crippen LogP contribution >= 0.6 is 21.6 Å². The topological polar surface area (TPSA) is 26.0 Å². The maximum Gasteiger partial charge on any atom is 0.0325 e. The average Bonchev–Trinajstić information content (AvgIpc) is 1.84. The van der Waals surface area contributed by atoms with Crippen molar-refractivity contribution in [3.05, 3.63) is 0 Å². The van der Waals surface area contributed by atoms with E-state index in [-0.39, 0.29) is 5.54 Å². The van der Waals surface area contributed by atoms with Crippen LogP contribution in [0.15, 0.2) is 0 Å². The van der Waals surface area contributed by atoms with Crippen LogP contribution in [0.25, 0.3) is 0 Å². The first-order valence-electron chi connectivity index (χ1n) is 2.24. The molecule has 42 valence electrons. The minimum atomic E-state index is 0.120. The molecule has 0 amide bonds. The SMILES string of the molecule is CC1(N)CSSC1. The van der Waals surface area contributed by atoms with E-state index in [4.69, 9.17) is 5.73 Å². The minimum Gasteiger partial charge on any atom is -0.324 e. The van der Waals surface area contributed by atoms with Gasteiger partial charge in [-0.15, -0.1) is 0 Å². The molecule has 1 rings (SSSR count). The summed E-state index contributed by atoms with van der Waals surface area (Å²) in [5.74, 6) is 2.22. The lowest BCUT2D eigenvalue weighted by molar-refractivity contribution is 0.610. The molecule has 0 aromatic heterocycles. The predicted octanol–water partition coefficient (Wildman–Crippen LogP) is 1.10. The largest absolute Gasteiger partial charge is 0.324 e. The Morgan fingerprint density at radius 2 is 1.86 bits per heavy atom. The highest BCUT2D eigenvalue weighted by Crippen LogP contribution is 2.35. The summed E-state index contributed by atoms with van der Waals surface area (Å²) in [6, 6.07) is 0. The molecule has 2 N–H and O–H groups in total. The van der Waals surface area contributed by atoms with Crippen LogP contribution in [0, 0.1) is 0 Å². The third-order valence-corrected chi connectivity index (χ3v) is 3.79. The van der Waals surface area contributed by atoms with Crippen molar-refractivity contribution in [2.75, 3.05) is 11.5 Å². The second-order valence-electron chi connectivity index (χ2n) is 2.18. The summed E-state index contributed by atoms with van der Waals surface area (Å²) in [7, 11) is 3.75. The molecule has 0 atom stereocenters. The van der Waals surface area contributed by atoms with Crippen LogP contribution in [-0.2, 0) is 0 Å². The van der Waals surface area contributed by atoms with Crippen molar-refractivity contribution < 1.29 is 0 Å². The van der Waals surface area contributed by atoms with Crippen LogP contribution in [0.5, 0.6) is 0 Å². The highest BCUT2D eigenvalue weighted by Gasteiger charge is 2.24. The van der Waals surface area contributed by atoms with Gasteiger partial charge in [-0.3, -0.25) is 0 Å². The summed E-state index contributed by atoms with van der Waals surface area (Å²) in [4.78, 5) is 0. The fourth-order valence-electron chi connectivity index (χ4n) is 0.394. The van der Waals surface area contributed by atoms with E-state index >= 15 is 0 Å². The zero-order valence-electron chi connectivity index (χ0n) is 4.31. The third kappa shape index (κ3) is 1.55. The van der Waals surface area contributed by atoms with Crippen molar-refractivity contribution in [2.45, 2.75) is 12.5 Å². The summed E-state index contributed by atoms with van der Waals surface area (Å²) >= 11 is 0. The van der Waals surface area contributed by atoms with E-state index in [2.05, 4.69) is 6.92 Å². The van der Waals surface area contributed by atoms with Gasteiger partial charge < -0.3 is 5.73 Å². The van der Waals surface area contributed by atoms with Crippen LogP contribution in [0.4, 0.5) is 0 Å². The van der Waals surface area contributed by atoms with Crippen molar-refractivity contribution >= 4 is 21.6 Å². The first-order valence-corrected chi connectivity index (χ1v) is 4.73. The maximum absolute atomic E-state index is 5.74.